The van der Waals surface area contributed by atoms with Crippen LogP contribution in [-0.4, -0.2) is 13.2 Å². The molecule has 2 heteroatoms. The molecule has 1 fully saturated rings. The second kappa shape index (κ2) is 7.54. The Morgan fingerprint density at radius 2 is 2.00 bits per heavy atom. The molecule has 1 aromatic carbocycles. The van der Waals surface area contributed by atoms with E-state index in [0.29, 0.717) is 6.04 Å². The normalized spacial score (nSPS) is 16.9. The first-order valence-electron chi connectivity index (χ1n) is 7.75. The molecule has 0 spiro atoms. The number of ether oxygens (including phenoxy) is 1. The van der Waals surface area contributed by atoms with Crippen molar-refractivity contribution >= 4 is 0 Å². The zero-order chi connectivity index (χ0) is 13.5. The molecule has 1 unspecified atom stereocenters. The highest BCUT2D eigenvalue weighted by molar-refractivity contribution is 5.28. The topological polar surface area (TPSA) is 21.3 Å². The monoisotopic (exact) mass is 261 g/mol. The lowest BCUT2D eigenvalue weighted by Gasteiger charge is -2.25. The van der Waals surface area contributed by atoms with Crippen molar-refractivity contribution < 1.29 is 4.74 Å². The highest BCUT2D eigenvalue weighted by Crippen LogP contribution is 2.29. The summed E-state index contributed by atoms with van der Waals surface area (Å²) in [6.07, 6.45) is 6.62. The van der Waals surface area contributed by atoms with E-state index in [9.17, 15) is 0 Å². The van der Waals surface area contributed by atoms with Crippen molar-refractivity contribution in [1.29, 1.82) is 0 Å². The zero-order valence-electron chi connectivity index (χ0n) is 12.3. The van der Waals surface area contributed by atoms with Crippen LogP contribution in [0.4, 0.5) is 0 Å². The van der Waals surface area contributed by atoms with Crippen molar-refractivity contribution in [2.24, 2.45) is 5.92 Å². The SMILES string of the molecule is CCCNC(C)c1ccc(OCCC2CCC2)cc1. The minimum atomic E-state index is 0.420. The second-order valence-electron chi connectivity index (χ2n) is 5.68. The molecule has 0 amide bonds. The van der Waals surface area contributed by atoms with Crippen LogP contribution < -0.4 is 10.1 Å². The molecule has 1 saturated carbocycles. The predicted molar refractivity (Wildman–Crippen MR) is 80.6 cm³/mol. The standard InChI is InChI=1S/C17H27NO/c1-3-12-18-14(2)16-7-9-17(10-8-16)19-13-11-15-5-4-6-15/h7-10,14-15,18H,3-6,11-13H2,1-2H3. The lowest BCUT2D eigenvalue weighted by Crippen LogP contribution is -2.19. The Morgan fingerprint density at radius 1 is 1.26 bits per heavy atom. The van der Waals surface area contributed by atoms with Gasteiger partial charge in [-0.25, -0.2) is 0 Å². The molecule has 19 heavy (non-hydrogen) atoms. The molecular weight excluding hydrogens is 234 g/mol. The average molecular weight is 261 g/mol. The van der Waals surface area contributed by atoms with Crippen molar-refractivity contribution in [3.05, 3.63) is 29.8 Å². The van der Waals surface area contributed by atoms with Crippen LogP contribution in [0, 0.1) is 5.92 Å². The molecule has 1 aromatic rings. The molecule has 106 valence electrons. The van der Waals surface area contributed by atoms with Gasteiger partial charge in [0.25, 0.3) is 0 Å². The summed E-state index contributed by atoms with van der Waals surface area (Å²) >= 11 is 0. The van der Waals surface area contributed by atoms with Gasteiger partial charge < -0.3 is 10.1 Å². The van der Waals surface area contributed by atoms with Gasteiger partial charge in [0.05, 0.1) is 6.61 Å². The van der Waals surface area contributed by atoms with E-state index in [1.54, 1.807) is 0 Å². The van der Waals surface area contributed by atoms with Crippen molar-refractivity contribution in [2.45, 2.75) is 52.0 Å². The summed E-state index contributed by atoms with van der Waals surface area (Å²) in [4.78, 5) is 0. The zero-order valence-corrected chi connectivity index (χ0v) is 12.3. The van der Waals surface area contributed by atoms with Gasteiger partial charge in [0.1, 0.15) is 5.75 Å². The number of nitrogens with one attached hydrogen (secondary N) is 1. The fourth-order valence-electron chi connectivity index (χ4n) is 2.46. The van der Waals surface area contributed by atoms with E-state index in [2.05, 4.69) is 43.4 Å². The summed E-state index contributed by atoms with van der Waals surface area (Å²) in [5.74, 6) is 1.93. The number of hydrogen-bond acceptors (Lipinski definition) is 2. The summed E-state index contributed by atoms with van der Waals surface area (Å²) < 4.78 is 5.81. The molecule has 2 rings (SSSR count). The summed E-state index contributed by atoms with van der Waals surface area (Å²) in [6, 6.07) is 8.96. The highest BCUT2D eigenvalue weighted by Gasteiger charge is 2.16. The van der Waals surface area contributed by atoms with Gasteiger partial charge in [0.15, 0.2) is 0 Å². The molecule has 1 aliphatic rings. The van der Waals surface area contributed by atoms with E-state index in [1.807, 2.05) is 0 Å². The van der Waals surface area contributed by atoms with E-state index in [-0.39, 0.29) is 0 Å². The average Bonchev–Trinajstić information content (AvgIpc) is 2.39. The highest BCUT2D eigenvalue weighted by atomic mass is 16.5. The molecule has 1 atom stereocenters. The molecule has 0 aliphatic heterocycles. The fourth-order valence-corrected chi connectivity index (χ4v) is 2.46. The van der Waals surface area contributed by atoms with E-state index in [4.69, 9.17) is 4.74 Å². The Bertz CT molecular complexity index is 356. The van der Waals surface area contributed by atoms with Gasteiger partial charge in [-0.15, -0.1) is 0 Å². The predicted octanol–water partition coefficient (Wildman–Crippen LogP) is 4.32. The Hall–Kier alpha value is -1.02. The molecule has 1 N–H and O–H groups in total. The van der Waals surface area contributed by atoms with Crippen LogP contribution in [0.2, 0.25) is 0 Å². The number of hydrogen-bond donors (Lipinski definition) is 1. The van der Waals surface area contributed by atoms with Crippen LogP contribution in [-0.2, 0) is 0 Å². The Kier molecular flexibility index (Phi) is 5.71. The van der Waals surface area contributed by atoms with Gasteiger partial charge in [0.2, 0.25) is 0 Å². The van der Waals surface area contributed by atoms with E-state index in [1.165, 1.54) is 37.7 Å². The Morgan fingerprint density at radius 3 is 2.58 bits per heavy atom. The maximum atomic E-state index is 5.81. The van der Waals surface area contributed by atoms with E-state index >= 15 is 0 Å². The molecule has 0 aromatic heterocycles. The third-order valence-electron chi connectivity index (χ3n) is 4.10. The first-order valence-corrected chi connectivity index (χ1v) is 7.75. The Labute approximate surface area is 117 Å². The van der Waals surface area contributed by atoms with Crippen LogP contribution in [0.25, 0.3) is 0 Å². The molecule has 0 radical (unpaired) electrons. The first kappa shape index (κ1) is 14.4. The van der Waals surface area contributed by atoms with Gasteiger partial charge in [0, 0.05) is 6.04 Å². The minimum absolute atomic E-state index is 0.420. The summed E-state index contributed by atoms with van der Waals surface area (Å²) in [7, 11) is 0. The van der Waals surface area contributed by atoms with Gasteiger partial charge in [-0.05, 0) is 49.9 Å². The van der Waals surface area contributed by atoms with Gasteiger partial charge in [-0.2, -0.15) is 0 Å². The third-order valence-corrected chi connectivity index (χ3v) is 4.10. The number of rotatable bonds is 8. The van der Waals surface area contributed by atoms with Crippen LogP contribution >= 0.6 is 0 Å². The second-order valence-corrected chi connectivity index (χ2v) is 5.68. The molecule has 0 heterocycles. The van der Waals surface area contributed by atoms with Crippen LogP contribution in [0.5, 0.6) is 5.75 Å². The van der Waals surface area contributed by atoms with Crippen LogP contribution in [0.1, 0.15) is 57.6 Å². The third kappa shape index (κ3) is 4.54. The minimum Gasteiger partial charge on any atom is -0.494 e. The van der Waals surface area contributed by atoms with Gasteiger partial charge in [-0.3, -0.25) is 0 Å². The quantitative estimate of drug-likeness (QED) is 0.752. The smallest absolute Gasteiger partial charge is 0.119 e. The van der Waals surface area contributed by atoms with Gasteiger partial charge >= 0.3 is 0 Å². The lowest BCUT2D eigenvalue weighted by molar-refractivity contribution is 0.222. The van der Waals surface area contributed by atoms with Crippen molar-refractivity contribution in [3.8, 4) is 5.75 Å². The maximum absolute atomic E-state index is 5.81. The first-order chi connectivity index (χ1) is 9.29. The summed E-state index contributed by atoms with van der Waals surface area (Å²) in [5, 5.41) is 3.50. The summed E-state index contributed by atoms with van der Waals surface area (Å²) in [5.41, 5.74) is 1.33. The maximum Gasteiger partial charge on any atom is 0.119 e. The largest absolute Gasteiger partial charge is 0.494 e. The Balaban J connectivity index is 1.73. The van der Waals surface area contributed by atoms with Crippen molar-refractivity contribution in [1.82, 2.24) is 5.32 Å². The van der Waals surface area contributed by atoms with E-state index in [0.717, 1.165) is 24.8 Å². The van der Waals surface area contributed by atoms with Crippen molar-refractivity contribution in [2.75, 3.05) is 13.2 Å². The molecular formula is C17H27NO. The number of benzene rings is 1. The van der Waals surface area contributed by atoms with Crippen molar-refractivity contribution in [3.63, 3.8) is 0 Å². The fraction of sp³-hybridized carbons (Fsp3) is 0.647. The van der Waals surface area contributed by atoms with E-state index < -0.39 is 0 Å². The molecule has 0 bridgehead atoms. The summed E-state index contributed by atoms with van der Waals surface area (Å²) in [6.45, 7) is 6.34. The van der Waals surface area contributed by atoms with Crippen LogP contribution in [0.3, 0.4) is 0 Å². The van der Waals surface area contributed by atoms with Gasteiger partial charge in [-0.1, -0.05) is 38.3 Å². The van der Waals surface area contributed by atoms with Crippen LogP contribution in [0.15, 0.2) is 24.3 Å². The molecule has 2 nitrogen and oxygen atoms in total. The molecule has 1 aliphatic carbocycles. The lowest BCUT2D eigenvalue weighted by atomic mass is 9.83. The molecule has 0 saturated heterocycles.